The molecule has 1 fully saturated rings. The molecule has 1 aliphatic carbocycles. The van der Waals surface area contributed by atoms with Crippen LogP contribution < -0.4 is 11.0 Å². The van der Waals surface area contributed by atoms with Gasteiger partial charge in [-0.1, -0.05) is 31.9 Å². The van der Waals surface area contributed by atoms with Crippen LogP contribution in [0, 0.1) is 5.92 Å². The van der Waals surface area contributed by atoms with E-state index < -0.39 is 0 Å². The Hall–Kier alpha value is -2.57. The van der Waals surface area contributed by atoms with Gasteiger partial charge in [-0.25, -0.2) is 13.9 Å². The molecule has 1 amide bonds. The summed E-state index contributed by atoms with van der Waals surface area (Å²) in [6.45, 7) is 4.76. The van der Waals surface area contributed by atoms with Crippen molar-refractivity contribution in [2.24, 2.45) is 5.92 Å². The second kappa shape index (κ2) is 6.63. The molecule has 7 heteroatoms. The van der Waals surface area contributed by atoms with Gasteiger partial charge in [0, 0.05) is 12.6 Å². The molecule has 2 aromatic heterocycles. The Morgan fingerprint density at radius 3 is 2.69 bits per heavy atom. The largest absolute Gasteiger partial charge is 0.352 e. The number of fused-ring (bicyclic) bond motifs is 3. The van der Waals surface area contributed by atoms with Crippen molar-refractivity contribution in [2.45, 2.75) is 58.7 Å². The summed E-state index contributed by atoms with van der Waals surface area (Å²) in [5.74, 6) is 1.01. The van der Waals surface area contributed by atoms with E-state index in [1.54, 1.807) is 4.40 Å². The fourth-order valence-corrected chi connectivity index (χ4v) is 4.06. The molecule has 0 unspecified atom stereocenters. The minimum atomic E-state index is -0.168. The summed E-state index contributed by atoms with van der Waals surface area (Å²) in [5, 5.41) is 7.62. The number of rotatable bonds is 4. The predicted molar refractivity (Wildman–Crippen MR) is 100 cm³/mol. The number of benzene rings is 1. The molecule has 2 atom stereocenters. The normalized spacial score (nSPS) is 20.7. The molecule has 4 rings (SSSR count). The summed E-state index contributed by atoms with van der Waals surface area (Å²) in [6, 6.07) is 7.87. The monoisotopic (exact) mass is 355 g/mol. The van der Waals surface area contributed by atoms with Crippen molar-refractivity contribution in [3.05, 3.63) is 34.7 Å². The molecule has 2 heterocycles. The van der Waals surface area contributed by atoms with Gasteiger partial charge in [-0.3, -0.25) is 9.36 Å². The molecular formula is C19H25N5O2. The van der Waals surface area contributed by atoms with Crippen LogP contribution in [0.5, 0.6) is 0 Å². The maximum Gasteiger partial charge on any atom is 0.352 e. The number of carbonyl (C=O) groups is 1. The third-order valence-electron chi connectivity index (χ3n) is 5.54. The number of nitrogens with zero attached hydrogens (tertiary/aromatic N) is 4. The molecule has 1 aliphatic rings. The highest BCUT2D eigenvalue weighted by molar-refractivity contribution is 5.84. The maximum absolute atomic E-state index is 12.7. The van der Waals surface area contributed by atoms with Crippen molar-refractivity contribution >= 4 is 22.7 Å². The smallest absolute Gasteiger partial charge is 0.352 e. The van der Waals surface area contributed by atoms with Gasteiger partial charge in [0.25, 0.3) is 0 Å². The topological polar surface area (TPSA) is 73.3 Å². The minimum Gasteiger partial charge on any atom is -0.352 e. The fraction of sp³-hybridized carbons (Fsp3) is 0.526. The van der Waals surface area contributed by atoms with E-state index in [1.807, 2.05) is 35.8 Å². The average Bonchev–Trinajstić information content (AvgIpc) is 3.13. The van der Waals surface area contributed by atoms with Crippen LogP contribution in [-0.4, -0.2) is 30.7 Å². The number of hydrogen-bond donors (Lipinski definition) is 1. The summed E-state index contributed by atoms with van der Waals surface area (Å²) in [6.07, 6.45) is 4.62. The molecule has 0 spiro atoms. The molecule has 138 valence electrons. The summed E-state index contributed by atoms with van der Waals surface area (Å²) in [5.41, 5.74) is 1.46. The van der Waals surface area contributed by atoms with E-state index in [1.165, 1.54) is 17.5 Å². The van der Waals surface area contributed by atoms with Gasteiger partial charge in [-0.15, -0.1) is 5.10 Å². The maximum atomic E-state index is 12.7. The second-order valence-electron chi connectivity index (χ2n) is 7.24. The lowest BCUT2D eigenvalue weighted by Crippen LogP contribution is -2.42. The lowest BCUT2D eigenvalue weighted by molar-refractivity contribution is -0.122. The first-order valence-electron chi connectivity index (χ1n) is 9.46. The lowest BCUT2D eigenvalue weighted by atomic mass is 9.86. The lowest BCUT2D eigenvalue weighted by Gasteiger charge is -2.29. The van der Waals surface area contributed by atoms with Crippen LogP contribution in [0.4, 0.5) is 0 Å². The van der Waals surface area contributed by atoms with E-state index >= 15 is 0 Å². The van der Waals surface area contributed by atoms with Gasteiger partial charge in [0.1, 0.15) is 6.54 Å². The summed E-state index contributed by atoms with van der Waals surface area (Å²) in [7, 11) is 0. The van der Waals surface area contributed by atoms with E-state index in [0.29, 0.717) is 18.2 Å². The van der Waals surface area contributed by atoms with Gasteiger partial charge in [0.15, 0.2) is 0 Å². The number of nitrogens with one attached hydrogen (secondary N) is 1. The standard InChI is InChI=1S/C19H25N5O2/c1-3-23-19(26)24-16-11-7-6-10-15(16)22(18(24)21-23)12-17(25)20-14-9-5-4-8-13(14)2/h6-7,10-11,13-14H,3-5,8-9,12H2,1-2H3,(H,20,25)/t13-,14-/m1/s1. The molecule has 26 heavy (non-hydrogen) atoms. The molecule has 1 saturated carbocycles. The van der Waals surface area contributed by atoms with Crippen LogP contribution in [0.15, 0.2) is 29.1 Å². The summed E-state index contributed by atoms with van der Waals surface area (Å²) >= 11 is 0. The molecular weight excluding hydrogens is 330 g/mol. The van der Waals surface area contributed by atoms with Gasteiger partial charge in [0.2, 0.25) is 11.7 Å². The predicted octanol–water partition coefficient (Wildman–Crippen LogP) is 2.17. The van der Waals surface area contributed by atoms with Crippen molar-refractivity contribution < 1.29 is 4.79 Å². The van der Waals surface area contributed by atoms with Crippen LogP contribution in [-0.2, 0) is 17.9 Å². The SMILES string of the molecule is CCn1nc2n(CC(=O)N[C@@H]3CCCC[C@H]3C)c3ccccc3n2c1=O. The zero-order valence-corrected chi connectivity index (χ0v) is 15.3. The first-order valence-corrected chi connectivity index (χ1v) is 9.46. The van der Waals surface area contributed by atoms with Crippen molar-refractivity contribution in [1.82, 2.24) is 24.1 Å². The fourth-order valence-electron chi connectivity index (χ4n) is 4.06. The Morgan fingerprint density at radius 1 is 1.23 bits per heavy atom. The number of amides is 1. The Morgan fingerprint density at radius 2 is 1.96 bits per heavy atom. The molecule has 0 bridgehead atoms. The van der Waals surface area contributed by atoms with Crippen molar-refractivity contribution in [3.63, 3.8) is 0 Å². The van der Waals surface area contributed by atoms with Crippen LogP contribution in [0.1, 0.15) is 39.5 Å². The van der Waals surface area contributed by atoms with E-state index in [4.69, 9.17) is 0 Å². The van der Waals surface area contributed by atoms with E-state index in [2.05, 4.69) is 17.3 Å². The first kappa shape index (κ1) is 16.9. The zero-order chi connectivity index (χ0) is 18.3. The van der Waals surface area contributed by atoms with Crippen LogP contribution >= 0.6 is 0 Å². The third kappa shape index (κ3) is 2.71. The molecule has 0 radical (unpaired) electrons. The van der Waals surface area contributed by atoms with E-state index in [0.717, 1.165) is 23.9 Å². The summed E-state index contributed by atoms with van der Waals surface area (Å²) < 4.78 is 4.86. The molecule has 1 N–H and O–H groups in total. The number of aryl methyl sites for hydroxylation is 1. The quantitative estimate of drug-likeness (QED) is 0.779. The van der Waals surface area contributed by atoms with E-state index in [9.17, 15) is 9.59 Å². The first-order chi connectivity index (χ1) is 12.6. The third-order valence-corrected chi connectivity index (χ3v) is 5.54. The number of para-hydroxylation sites is 2. The summed E-state index contributed by atoms with van der Waals surface area (Å²) in [4.78, 5) is 25.3. The highest BCUT2D eigenvalue weighted by atomic mass is 16.2. The highest BCUT2D eigenvalue weighted by Crippen LogP contribution is 2.24. The van der Waals surface area contributed by atoms with Gasteiger partial charge in [-0.2, -0.15) is 0 Å². The Balaban J connectivity index is 1.70. The molecule has 1 aromatic carbocycles. The Labute approximate surface area is 151 Å². The average molecular weight is 355 g/mol. The molecule has 3 aromatic rings. The van der Waals surface area contributed by atoms with Crippen LogP contribution in [0.25, 0.3) is 16.8 Å². The molecule has 0 aliphatic heterocycles. The van der Waals surface area contributed by atoms with Gasteiger partial charge < -0.3 is 5.32 Å². The van der Waals surface area contributed by atoms with Crippen LogP contribution in [0.2, 0.25) is 0 Å². The Kier molecular flexibility index (Phi) is 4.30. The molecule has 0 saturated heterocycles. The number of hydrogen-bond acceptors (Lipinski definition) is 3. The second-order valence-corrected chi connectivity index (χ2v) is 7.24. The van der Waals surface area contributed by atoms with Crippen molar-refractivity contribution in [2.75, 3.05) is 0 Å². The van der Waals surface area contributed by atoms with Crippen LogP contribution in [0.3, 0.4) is 0 Å². The highest BCUT2D eigenvalue weighted by Gasteiger charge is 2.24. The van der Waals surface area contributed by atoms with Crippen molar-refractivity contribution in [1.29, 1.82) is 0 Å². The van der Waals surface area contributed by atoms with Gasteiger partial charge in [-0.05, 0) is 37.8 Å². The minimum absolute atomic E-state index is 0.0227. The number of carbonyl (C=O) groups excluding carboxylic acids is 1. The number of aromatic nitrogens is 4. The van der Waals surface area contributed by atoms with Gasteiger partial charge >= 0.3 is 5.69 Å². The van der Waals surface area contributed by atoms with Gasteiger partial charge in [0.05, 0.1) is 11.0 Å². The Bertz CT molecular complexity index is 1010. The number of imidazole rings is 1. The van der Waals surface area contributed by atoms with Crippen molar-refractivity contribution in [3.8, 4) is 0 Å². The zero-order valence-electron chi connectivity index (χ0n) is 15.3. The molecule has 7 nitrogen and oxygen atoms in total. The van der Waals surface area contributed by atoms with E-state index in [-0.39, 0.29) is 24.2 Å².